The van der Waals surface area contributed by atoms with Gasteiger partial charge in [0.05, 0.1) is 6.04 Å². The molecule has 148 valence electrons. The van der Waals surface area contributed by atoms with Gasteiger partial charge in [0.2, 0.25) is 0 Å². The molecule has 1 aliphatic heterocycles. The number of piperidine rings is 1. The van der Waals surface area contributed by atoms with Crippen LogP contribution in [0.4, 0.5) is 10.6 Å². The summed E-state index contributed by atoms with van der Waals surface area (Å²) in [5.41, 5.74) is 2.54. The van der Waals surface area contributed by atoms with Gasteiger partial charge in [-0.25, -0.2) is 4.79 Å². The Bertz CT molecular complexity index is 846. The molecule has 0 radical (unpaired) electrons. The van der Waals surface area contributed by atoms with Gasteiger partial charge >= 0.3 is 6.03 Å². The van der Waals surface area contributed by atoms with Crippen molar-refractivity contribution in [3.63, 3.8) is 0 Å². The summed E-state index contributed by atoms with van der Waals surface area (Å²) in [7, 11) is 1.90. The summed E-state index contributed by atoms with van der Waals surface area (Å²) in [5, 5.41) is 11.4. The highest BCUT2D eigenvalue weighted by atomic mass is 79.9. The first kappa shape index (κ1) is 19.2. The number of rotatable bonds is 4. The van der Waals surface area contributed by atoms with Gasteiger partial charge in [-0.15, -0.1) is 5.10 Å². The van der Waals surface area contributed by atoms with Crippen LogP contribution in [0.2, 0.25) is 0 Å². The number of urea groups is 1. The molecule has 2 fully saturated rings. The molecule has 1 saturated carbocycles. The lowest BCUT2D eigenvalue weighted by molar-refractivity contribution is 0.182. The smallest absolute Gasteiger partial charge is 0.317 e. The lowest BCUT2D eigenvalue weighted by Crippen LogP contribution is -2.52. The van der Waals surface area contributed by atoms with Crippen LogP contribution in [0, 0.1) is 6.92 Å². The lowest BCUT2D eigenvalue weighted by atomic mass is 10.0. The molecule has 1 saturated heterocycles. The molecule has 4 rings (SSSR count). The van der Waals surface area contributed by atoms with Crippen LogP contribution in [0.15, 0.2) is 41.0 Å². The predicted octanol–water partition coefficient (Wildman–Crippen LogP) is 3.71. The second kappa shape index (κ2) is 8.07. The largest absolute Gasteiger partial charge is 0.353 e. The average Bonchev–Trinajstić information content (AvgIpc) is 3.49. The van der Waals surface area contributed by atoms with Gasteiger partial charge in [-0.05, 0) is 55.5 Å². The Morgan fingerprint density at radius 2 is 2.21 bits per heavy atom. The number of anilines is 1. The van der Waals surface area contributed by atoms with Gasteiger partial charge in [0.15, 0.2) is 5.82 Å². The molecular weight excluding hydrogens is 418 g/mol. The van der Waals surface area contributed by atoms with Gasteiger partial charge < -0.3 is 15.1 Å². The standard InChI is InChI=1S/C21H26BrN5O/c1-14-11-15(7-8-18(14)22)17-12-19(17)24-21(28)26(2)16-5-4-10-27(13-16)20-6-3-9-23-25-20/h3,6-9,11,16-17,19H,4-5,10,12-13H2,1-2H3,(H,24,28)/t16-,17-,19+/m1/s1. The monoisotopic (exact) mass is 443 g/mol. The molecule has 2 aliphatic rings. The molecule has 0 bridgehead atoms. The van der Waals surface area contributed by atoms with Crippen molar-refractivity contribution < 1.29 is 4.79 Å². The molecule has 1 aromatic heterocycles. The van der Waals surface area contributed by atoms with E-state index < -0.39 is 0 Å². The zero-order chi connectivity index (χ0) is 19.7. The van der Waals surface area contributed by atoms with Crippen molar-refractivity contribution in [3.8, 4) is 0 Å². The number of benzene rings is 1. The van der Waals surface area contributed by atoms with Crippen molar-refractivity contribution in [1.82, 2.24) is 20.4 Å². The van der Waals surface area contributed by atoms with E-state index in [4.69, 9.17) is 0 Å². The highest BCUT2D eigenvalue weighted by Crippen LogP contribution is 2.41. The Labute approximate surface area is 174 Å². The maximum Gasteiger partial charge on any atom is 0.317 e. The minimum Gasteiger partial charge on any atom is -0.353 e. The van der Waals surface area contributed by atoms with Crippen molar-refractivity contribution in [2.24, 2.45) is 0 Å². The molecule has 28 heavy (non-hydrogen) atoms. The summed E-state index contributed by atoms with van der Waals surface area (Å²) in [6, 6.07) is 10.8. The number of nitrogens with one attached hydrogen (secondary N) is 1. The summed E-state index contributed by atoms with van der Waals surface area (Å²) in [4.78, 5) is 16.9. The molecule has 2 heterocycles. The fourth-order valence-electron chi connectivity index (χ4n) is 3.99. The van der Waals surface area contributed by atoms with E-state index in [1.807, 2.05) is 24.1 Å². The quantitative estimate of drug-likeness (QED) is 0.781. The number of carbonyl (C=O) groups is 1. The third-order valence-corrected chi connectivity index (χ3v) is 6.75. The number of amides is 2. The van der Waals surface area contributed by atoms with Crippen molar-refractivity contribution in [1.29, 1.82) is 0 Å². The first-order valence-electron chi connectivity index (χ1n) is 9.85. The van der Waals surface area contributed by atoms with E-state index in [0.717, 1.165) is 42.6 Å². The Balaban J connectivity index is 1.33. The summed E-state index contributed by atoms with van der Waals surface area (Å²) in [5.74, 6) is 1.31. The number of nitrogens with zero attached hydrogens (tertiary/aromatic N) is 4. The predicted molar refractivity (Wildman–Crippen MR) is 114 cm³/mol. The topological polar surface area (TPSA) is 61.4 Å². The van der Waals surface area contributed by atoms with E-state index >= 15 is 0 Å². The van der Waals surface area contributed by atoms with Gasteiger partial charge in [0.1, 0.15) is 0 Å². The molecule has 0 spiro atoms. The third-order valence-electron chi connectivity index (χ3n) is 5.86. The summed E-state index contributed by atoms with van der Waals surface area (Å²) < 4.78 is 1.13. The van der Waals surface area contributed by atoms with Gasteiger partial charge in [-0.2, -0.15) is 5.10 Å². The van der Waals surface area contributed by atoms with Crippen LogP contribution in [-0.2, 0) is 0 Å². The van der Waals surface area contributed by atoms with Crippen LogP contribution in [-0.4, -0.2) is 53.3 Å². The molecule has 0 unspecified atom stereocenters. The van der Waals surface area contributed by atoms with Crippen LogP contribution in [0.1, 0.15) is 36.3 Å². The van der Waals surface area contributed by atoms with Gasteiger partial charge in [0, 0.05) is 42.8 Å². The first-order chi connectivity index (χ1) is 13.5. The molecular formula is C21H26BrN5O. The van der Waals surface area contributed by atoms with Crippen LogP contribution in [0.3, 0.4) is 0 Å². The highest BCUT2D eigenvalue weighted by molar-refractivity contribution is 9.10. The van der Waals surface area contributed by atoms with E-state index in [1.54, 1.807) is 6.20 Å². The fourth-order valence-corrected chi connectivity index (χ4v) is 4.24. The second-order valence-corrected chi connectivity index (χ2v) is 8.70. The maximum atomic E-state index is 12.8. The summed E-state index contributed by atoms with van der Waals surface area (Å²) in [6.45, 7) is 3.85. The zero-order valence-electron chi connectivity index (χ0n) is 16.3. The SMILES string of the molecule is Cc1cc([C@H]2C[C@@H]2NC(=O)N(C)[C@@H]2CCCN(c3cccnn3)C2)ccc1Br. The van der Waals surface area contributed by atoms with Crippen LogP contribution >= 0.6 is 15.9 Å². The van der Waals surface area contributed by atoms with Gasteiger partial charge in [-0.3, -0.25) is 0 Å². The van der Waals surface area contributed by atoms with E-state index in [0.29, 0.717) is 5.92 Å². The van der Waals surface area contributed by atoms with E-state index in [1.165, 1.54) is 11.1 Å². The molecule has 2 amide bonds. The minimum absolute atomic E-state index is 0.0207. The van der Waals surface area contributed by atoms with E-state index in [9.17, 15) is 4.79 Å². The van der Waals surface area contributed by atoms with E-state index in [-0.39, 0.29) is 18.1 Å². The number of carbonyl (C=O) groups excluding carboxylic acids is 1. The lowest BCUT2D eigenvalue weighted by Gasteiger charge is -2.38. The van der Waals surface area contributed by atoms with Crippen molar-refractivity contribution in [2.45, 2.75) is 44.2 Å². The zero-order valence-corrected chi connectivity index (χ0v) is 17.9. The molecule has 7 heteroatoms. The number of hydrogen-bond donors (Lipinski definition) is 1. The fraction of sp³-hybridized carbons (Fsp3) is 0.476. The summed E-state index contributed by atoms with van der Waals surface area (Å²) in [6.07, 6.45) is 4.75. The Morgan fingerprint density at radius 1 is 1.36 bits per heavy atom. The number of halogens is 1. The van der Waals surface area contributed by atoms with Gasteiger partial charge in [0.25, 0.3) is 0 Å². The van der Waals surface area contributed by atoms with Crippen LogP contribution in [0.5, 0.6) is 0 Å². The van der Waals surface area contributed by atoms with Gasteiger partial charge in [-0.1, -0.05) is 28.1 Å². The molecule has 1 N–H and O–H groups in total. The van der Waals surface area contributed by atoms with Crippen molar-refractivity contribution in [3.05, 3.63) is 52.1 Å². The third kappa shape index (κ3) is 4.14. The second-order valence-electron chi connectivity index (χ2n) is 7.84. The Kier molecular flexibility index (Phi) is 5.53. The summed E-state index contributed by atoms with van der Waals surface area (Å²) >= 11 is 3.55. The van der Waals surface area contributed by atoms with Crippen molar-refractivity contribution >= 4 is 27.8 Å². The molecule has 3 atom stereocenters. The van der Waals surface area contributed by atoms with Crippen LogP contribution < -0.4 is 10.2 Å². The Hall–Kier alpha value is -2.15. The average molecular weight is 444 g/mol. The highest BCUT2D eigenvalue weighted by Gasteiger charge is 2.40. The van der Waals surface area contributed by atoms with Crippen LogP contribution in [0.25, 0.3) is 0 Å². The maximum absolute atomic E-state index is 12.8. The minimum atomic E-state index is 0.0207. The molecule has 6 nitrogen and oxygen atoms in total. The number of likely N-dealkylation sites (N-methyl/N-ethyl adjacent to an activating group) is 1. The molecule has 1 aliphatic carbocycles. The molecule has 2 aromatic rings. The number of aryl methyl sites for hydroxylation is 1. The Morgan fingerprint density at radius 3 is 2.96 bits per heavy atom. The number of hydrogen-bond acceptors (Lipinski definition) is 4. The number of aromatic nitrogens is 2. The van der Waals surface area contributed by atoms with Crippen molar-refractivity contribution in [2.75, 3.05) is 25.0 Å². The normalized spacial score (nSPS) is 24.0. The van der Waals surface area contributed by atoms with E-state index in [2.05, 4.69) is 61.5 Å². The molecule has 1 aromatic carbocycles. The first-order valence-corrected chi connectivity index (χ1v) is 10.6.